The third kappa shape index (κ3) is 3.12. The molecule has 2 aromatic heterocycles. The van der Waals surface area contributed by atoms with E-state index in [9.17, 15) is 9.90 Å². The standard InChI is InChI=1S/C17H25N5O3/c1-11(2)13-5-8-22(19-13)17(15(23)24)6-9-21(10-7-17)16-18-14(12(3)4)25-20-16/h5,8,11-12H,6-7,9-10H2,1-4H3,(H,23,24). The summed E-state index contributed by atoms with van der Waals surface area (Å²) in [6.45, 7) is 9.16. The maximum atomic E-state index is 12.1. The lowest BCUT2D eigenvalue weighted by Gasteiger charge is -2.38. The van der Waals surface area contributed by atoms with Crippen LogP contribution >= 0.6 is 0 Å². The highest BCUT2D eigenvalue weighted by Crippen LogP contribution is 2.32. The number of anilines is 1. The highest BCUT2D eigenvalue weighted by Gasteiger charge is 2.45. The second-order valence-corrected chi connectivity index (χ2v) is 7.25. The van der Waals surface area contributed by atoms with E-state index in [1.165, 1.54) is 0 Å². The maximum absolute atomic E-state index is 12.1. The van der Waals surface area contributed by atoms with Crippen LogP contribution in [-0.4, -0.2) is 44.1 Å². The Morgan fingerprint density at radius 3 is 2.40 bits per heavy atom. The van der Waals surface area contributed by atoms with Crippen molar-refractivity contribution in [2.45, 2.75) is 57.9 Å². The molecule has 0 radical (unpaired) electrons. The van der Waals surface area contributed by atoms with Gasteiger partial charge in [-0.25, -0.2) is 4.79 Å². The van der Waals surface area contributed by atoms with Gasteiger partial charge in [0.1, 0.15) is 0 Å². The maximum Gasteiger partial charge on any atom is 0.331 e. The Hall–Kier alpha value is -2.38. The molecule has 0 spiro atoms. The van der Waals surface area contributed by atoms with E-state index in [1.807, 2.05) is 38.7 Å². The minimum atomic E-state index is -1.02. The number of aliphatic carboxylic acids is 1. The predicted molar refractivity (Wildman–Crippen MR) is 91.8 cm³/mol. The molecule has 8 heteroatoms. The molecule has 0 atom stereocenters. The summed E-state index contributed by atoms with van der Waals surface area (Å²) in [6, 6.07) is 1.90. The van der Waals surface area contributed by atoms with E-state index in [0.29, 0.717) is 37.8 Å². The van der Waals surface area contributed by atoms with E-state index in [0.717, 1.165) is 5.69 Å². The van der Waals surface area contributed by atoms with Crippen molar-refractivity contribution in [2.24, 2.45) is 0 Å². The first kappa shape index (κ1) is 17.4. The van der Waals surface area contributed by atoms with Gasteiger partial charge >= 0.3 is 5.97 Å². The molecular weight excluding hydrogens is 322 g/mol. The van der Waals surface area contributed by atoms with Gasteiger partial charge in [-0.2, -0.15) is 10.1 Å². The largest absolute Gasteiger partial charge is 0.479 e. The Morgan fingerprint density at radius 2 is 1.92 bits per heavy atom. The fourth-order valence-corrected chi connectivity index (χ4v) is 3.09. The Balaban J connectivity index is 1.79. The number of nitrogens with zero attached hydrogens (tertiary/aromatic N) is 5. The normalized spacial score (nSPS) is 17.4. The quantitative estimate of drug-likeness (QED) is 0.887. The van der Waals surface area contributed by atoms with Crippen LogP contribution in [0.5, 0.6) is 0 Å². The van der Waals surface area contributed by atoms with Gasteiger partial charge in [0.15, 0.2) is 5.54 Å². The molecule has 136 valence electrons. The van der Waals surface area contributed by atoms with Gasteiger partial charge in [0.05, 0.1) is 5.69 Å². The highest BCUT2D eigenvalue weighted by molar-refractivity contribution is 5.77. The van der Waals surface area contributed by atoms with E-state index < -0.39 is 11.5 Å². The van der Waals surface area contributed by atoms with Gasteiger partial charge in [0.25, 0.3) is 5.95 Å². The third-order valence-corrected chi connectivity index (χ3v) is 4.84. The average molecular weight is 347 g/mol. The SMILES string of the molecule is CC(C)c1ccn(C2(C(=O)O)CCN(c3noc(C(C)C)n3)CC2)n1. The van der Waals surface area contributed by atoms with Crippen molar-refractivity contribution in [3.63, 3.8) is 0 Å². The van der Waals surface area contributed by atoms with Crippen molar-refractivity contribution in [1.29, 1.82) is 0 Å². The fraction of sp³-hybridized carbons (Fsp3) is 0.647. The van der Waals surface area contributed by atoms with Crippen molar-refractivity contribution in [2.75, 3.05) is 18.0 Å². The summed E-state index contributed by atoms with van der Waals surface area (Å²) < 4.78 is 6.88. The molecule has 0 amide bonds. The molecule has 1 aliphatic heterocycles. The molecule has 1 aliphatic rings. The topological polar surface area (TPSA) is 97.3 Å². The molecular formula is C17H25N5O3. The van der Waals surface area contributed by atoms with Crippen molar-refractivity contribution < 1.29 is 14.4 Å². The molecule has 0 unspecified atom stereocenters. The molecule has 2 aromatic rings. The molecule has 8 nitrogen and oxygen atoms in total. The Morgan fingerprint density at radius 1 is 1.24 bits per heavy atom. The molecule has 0 saturated carbocycles. The van der Waals surface area contributed by atoms with Crippen LogP contribution in [0.3, 0.4) is 0 Å². The monoisotopic (exact) mass is 347 g/mol. The number of carbonyl (C=O) groups is 1. The first-order chi connectivity index (χ1) is 11.8. The van der Waals surface area contributed by atoms with E-state index >= 15 is 0 Å². The van der Waals surface area contributed by atoms with E-state index in [-0.39, 0.29) is 11.8 Å². The van der Waals surface area contributed by atoms with Gasteiger partial charge < -0.3 is 14.5 Å². The smallest absolute Gasteiger partial charge is 0.331 e. The average Bonchev–Trinajstić information content (AvgIpc) is 3.24. The van der Waals surface area contributed by atoms with Gasteiger partial charge in [-0.1, -0.05) is 27.7 Å². The minimum Gasteiger partial charge on any atom is -0.479 e. The zero-order chi connectivity index (χ0) is 18.2. The van der Waals surface area contributed by atoms with Crippen molar-refractivity contribution >= 4 is 11.9 Å². The summed E-state index contributed by atoms with van der Waals surface area (Å²) in [5, 5.41) is 18.4. The lowest BCUT2D eigenvalue weighted by atomic mass is 9.88. The molecule has 1 fully saturated rings. The van der Waals surface area contributed by atoms with Crippen LogP contribution in [0.2, 0.25) is 0 Å². The van der Waals surface area contributed by atoms with Gasteiger partial charge in [0.2, 0.25) is 5.89 Å². The number of hydrogen-bond acceptors (Lipinski definition) is 6. The van der Waals surface area contributed by atoms with E-state index in [1.54, 1.807) is 10.9 Å². The highest BCUT2D eigenvalue weighted by atomic mass is 16.5. The number of carboxylic acid groups (broad SMARTS) is 1. The Labute approximate surface area is 146 Å². The lowest BCUT2D eigenvalue weighted by molar-refractivity contribution is -0.149. The molecule has 0 aliphatic carbocycles. The van der Waals surface area contributed by atoms with Gasteiger partial charge in [-0.15, -0.1) is 0 Å². The van der Waals surface area contributed by atoms with Crippen LogP contribution in [0.1, 0.15) is 64.0 Å². The van der Waals surface area contributed by atoms with Crippen molar-refractivity contribution in [3.8, 4) is 0 Å². The number of aromatic nitrogens is 4. The number of hydrogen-bond donors (Lipinski definition) is 1. The molecule has 0 aromatic carbocycles. The molecule has 3 rings (SSSR count). The van der Waals surface area contributed by atoms with Crippen molar-refractivity contribution in [1.82, 2.24) is 19.9 Å². The summed E-state index contributed by atoms with van der Waals surface area (Å²) in [5.41, 5.74) is -0.114. The molecule has 0 bridgehead atoms. The lowest BCUT2D eigenvalue weighted by Crippen LogP contribution is -2.51. The number of carboxylic acids is 1. The Kier molecular flexibility index (Phi) is 4.53. The third-order valence-electron chi connectivity index (χ3n) is 4.84. The fourth-order valence-electron chi connectivity index (χ4n) is 3.09. The Bertz CT molecular complexity index is 741. The van der Waals surface area contributed by atoms with Crippen LogP contribution in [0.4, 0.5) is 5.95 Å². The minimum absolute atomic E-state index is 0.169. The first-order valence-electron chi connectivity index (χ1n) is 8.71. The van der Waals surface area contributed by atoms with Gasteiger partial charge in [-0.05, 0) is 17.1 Å². The second kappa shape index (κ2) is 6.50. The number of rotatable bonds is 5. The molecule has 25 heavy (non-hydrogen) atoms. The van der Waals surface area contributed by atoms with Crippen LogP contribution in [0.25, 0.3) is 0 Å². The van der Waals surface area contributed by atoms with Crippen LogP contribution < -0.4 is 4.90 Å². The number of piperidine rings is 1. The van der Waals surface area contributed by atoms with E-state index in [2.05, 4.69) is 15.2 Å². The van der Waals surface area contributed by atoms with Gasteiger partial charge in [0, 0.05) is 38.0 Å². The van der Waals surface area contributed by atoms with Crippen LogP contribution in [-0.2, 0) is 10.3 Å². The zero-order valence-electron chi connectivity index (χ0n) is 15.1. The summed E-state index contributed by atoms with van der Waals surface area (Å²) in [7, 11) is 0. The first-order valence-corrected chi connectivity index (χ1v) is 8.71. The summed E-state index contributed by atoms with van der Waals surface area (Å²) in [5.74, 6) is 0.718. The summed E-state index contributed by atoms with van der Waals surface area (Å²) in [6.07, 6.45) is 2.66. The molecule has 1 N–H and O–H groups in total. The van der Waals surface area contributed by atoms with Crippen LogP contribution in [0, 0.1) is 0 Å². The summed E-state index contributed by atoms with van der Waals surface area (Å²) in [4.78, 5) is 18.4. The predicted octanol–water partition coefficient (Wildman–Crippen LogP) is 2.59. The van der Waals surface area contributed by atoms with Gasteiger partial charge in [-0.3, -0.25) is 4.68 Å². The summed E-state index contributed by atoms with van der Waals surface area (Å²) >= 11 is 0. The second-order valence-electron chi connectivity index (χ2n) is 7.25. The molecule has 1 saturated heterocycles. The molecule has 3 heterocycles. The van der Waals surface area contributed by atoms with Crippen LogP contribution in [0.15, 0.2) is 16.8 Å². The van der Waals surface area contributed by atoms with Crippen molar-refractivity contribution in [3.05, 3.63) is 23.8 Å². The zero-order valence-corrected chi connectivity index (χ0v) is 15.1. The van der Waals surface area contributed by atoms with E-state index in [4.69, 9.17) is 4.52 Å².